The van der Waals surface area contributed by atoms with E-state index in [1.807, 2.05) is 13.0 Å². The second-order valence-electron chi connectivity index (χ2n) is 7.83. The van der Waals surface area contributed by atoms with Crippen LogP contribution in [-0.2, 0) is 9.59 Å². The van der Waals surface area contributed by atoms with Crippen LogP contribution in [0, 0.1) is 17.0 Å². The van der Waals surface area contributed by atoms with Crippen molar-refractivity contribution >= 4 is 61.4 Å². The molecule has 1 aliphatic rings. The number of non-ortho nitro benzene ring substituents is 1. The minimum Gasteiger partial charge on any atom is -0.507 e. The zero-order chi connectivity index (χ0) is 24.9. The van der Waals surface area contributed by atoms with Crippen LogP contribution in [0.5, 0.6) is 0 Å². The van der Waals surface area contributed by atoms with E-state index in [0.29, 0.717) is 16.1 Å². The Bertz CT molecular complexity index is 1530. The van der Waals surface area contributed by atoms with Crippen molar-refractivity contribution < 1.29 is 19.6 Å². The molecule has 35 heavy (non-hydrogen) atoms. The highest BCUT2D eigenvalue weighted by molar-refractivity contribution is 7.22. The van der Waals surface area contributed by atoms with Crippen molar-refractivity contribution in [3.8, 4) is 0 Å². The van der Waals surface area contributed by atoms with Gasteiger partial charge in [0.2, 0.25) is 0 Å². The lowest BCUT2D eigenvalue weighted by Crippen LogP contribution is -2.29. The summed E-state index contributed by atoms with van der Waals surface area (Å²) in [5.74, 6) is -2.34. The predicted octanol–water partition coefficient (Wildman–Crippen LogP) is 5.19. The molecule has 4 aromatic rings. The Morgan fingerprint density at radius 3 is 2.71 bits per heavy atom. The summed E-state index contributed by atoms with van der Waals surface area (Å²) in [5.41, 5.74) is 1.43. The highest BCUT2D eigenvalue weighted by Crippen LogP contribution is 2.44. The minimum atomic E-state index is -1.04. The van der Waals surface area contributed by atoms with Crippen molar-refractivity contribution in [2.45, 2.75) is 13.0 Å². The molecule has 1 atom stereocenters. The number of thiazole rings is 1. The fourth-order valence-corrected chi connectivity index (χ4v) is 5.18. The number of nitro groups is 1. The summed E-state index contributed by atoms with van der Waals surface area (Å²) in [6, 6.07) is 11.0. The van der Waals surface area contributed by atoms with Gasteiger partial charge in [0.1, 0.15) is 5.76 Å². The SMILES string of the molecule is Cc1cc2sc(N3C(=O)C(=O)/C(=C(/O)c4cccc([N+](=O)[O-])c4)C3c3cccnc3)nc2cc1Cl. The van der Waals surface area contributed by atoms with E-state index in [-0.39, 0.29) is 22.0 Å². The number of halogens is 1. The summed E-state index contributed by atoms with van der Waals surface area (Å²) >= 11 is 7.44. The quantitative estimate of drug-likeness (QED) is 0.133. The number of aryl methyl sites for hydroxylation is 1. The van der Waals surface area contributed by atoms with Gasteiger partial charge in [0.15, 0.2) is 5.13 Å². The molecule has 11 heteroatoms. The van der Waals surface area contributed by atoms with E-state index in [9.17, 15) is 24.8 Å². The molecule has 3 heterocycles. The number of nitrogens with zero attached hydrogens (tertiary/aromatic N) is 4. The third-order valence-electron chi connectivity index (χ3n) is 5.64. The lowest BCUT2D eigenvalue weighted by molar-refractivity contribution is -0.384. The zero-order valence-corrected chi connectivity index (χ0v) is 19.6. The number of amides is 1. The highest BCUT2D eigenvalue weighted by atomic mass is 35.5. The van der Waals surface area contributed by atoms with E-state index >= 15 is 0 Å². The first-order valence-corrected chi connectivity index (χ1v) is 11.5. The molecular formula is C24H15ClN4O5S. The molecule has 1 unspecified atom stereocenters. The number of nitro benzene ring substituents is 1. The standard InChI is InChI=1S/C24H15ClN4O5S/c1-12-8-18-17(10-16(12)25)27-24(35-18)28-20(14-5-3-7-26-11-14)19(22(31)23(28)32)21(30)13-4-2-6-15(9-13)29(33)34/h2-11,20,30H,1H3/b21-19+. The number of benzene rings is 2. The number of pyridine rings is 1. The third kappa shape index (κ3) is 3.82. The van der Waals surface area contributed by atoms with E-state index in [4.69, 9.17) is 11.6 Å². The van der Waals surface area contributed by atoms with Crippen LogP contribution in [0.2, 0.25) is 5.02 Å². The molecule has 2 aromatic heterocycles. The van der Waals surface area contributed by atoms with Gasteiger partial charge >= 0.3 is 5.91 Å². The van der Waals surface area contributed by atoms with E-state index in [1.165, 1.54) is 40.6 Å². The van der Waals surface area contributed by atoms with Gasteiger partial charge in [0.05, 0.1) is 26.8 Å². The summed E-state index contributed by atoms with van der Waals surface area (Å²) in [4.78, 5) is 47.0. The van der Waals surface area contributed by atoms with Crippen molar-refractivity contribution in [1.29, 1.82) is 0 Å². The van der Waals surface area contributed by atoms with Gasteiger partial charge in [-0.05, 0) is 36.2 Å². The number of fused-ring (bicyclic) bond motifs is 1. The van der Waals surface area contributed by atoms with Crippen molar-refractivity contribution in [2.75, 3.05) is 4.90 Å². The fraction of sp³-hybridized carbons (Fsp3) is 0.0833. The average Bonchev–Trinajstić information content (AvgIpc) is 3.37. The van der Waals surface area contributed by atoms with Crippen molar-refractivity contribution in [3.63, 3.8) is 0 Å². The van der Waals surface area contributed by atoms with Gasteiger partial charge < -0.3 is 5.11 Å². The third-order valence-corrected chi connectivity index (χ3v) is 7.06. The molecule has 1 saturated heterocycles. The molecule has 174 valence electrons. The van der Waals surface area contributed by atoms with Crippen LogP contribution in [-0.4, -0.2) is 31.7 Å². The monoisotopic (exact) mass is 506 g/mol. The Morgan fingerprint density at radius 1 is 1.20 bits per heavy atom. The highest BCUT2D eigenvalue weighted by Gasteiger charge is 2.48. The topological polar surface area (TPSA) is 127 Å². The predicted molar refractivity (Wildman–Crippen MR) is 131 cm³/mol. The summed E-state index contributed by atoms with van der Waals surface area (Å²) in [7, 11) is 0. The molecule has 1 fully saturated rings. The smallest absolute Gasteiger partial charge is 0.301 e. The Morgan fingerprint density at radius 2 is 2.00 bits per heavy atom. The van der Waals surface area contributed by atoms with E-state index < -0.39 is 28.4 Å². The summed E-state index contributed by atoms with van der Waals surface area (Å²) < 4.78 is 0.771. The molecule has 5 rings (SSSR count). The second-order valence-corrected chi connectivity index (χ2v) is 9.24. The number of anilines is 1. The number of Topliss-reactive ketones (excluding diaryl/α,β-unsaturated/α-hetero) is 1. The lowest BCUT2D eigenvalue weighted by Gasteiger charge is -2.22. The zero-order valence-electron chi connectivity index (χ0n) is 18.0. The number of rotatable bonds is 4. The van der Waals surface area contributed by atoms with Crippen molar-refractivity contribution in [1.82, 2.24) is 9.97 Å². The Labute approximate surface area is 207 Å². The number of ketones is 1. The number of aromatic nitrogens is 2. The molecule has 0 spiro atoms. The number of hydrogen-bond donors (Lipinski definition) is 1. The van der Waals surface area contributed by atoms with Crippen LogP contribution in [0.15, 0.2) is 66.5 Å². The van der Waals surface area contributed by atoms with Gasteiger partial charge in [0, 0.05) is 35.1 Å². The summed E-state index contributed by atoms with van der Waals surface area (Å²) in [6.45, 7) is 1.85. The maximum Gasteiger partial charge on any atom is 0.301 e. The normalized spacial score (nSPS) is 17.3. The molecule has 1 aliphatic heterocycles. The number of aliphatic hydroxyl groups excluding tert-OH is 1. The van der Waals surface area contributed by atoms with Crippen LogP contribution in [0.3, 0.4) is 0 Å². The molecule has 1 amide bonds. The van der Waals surface area contributed by atoms with Gasteiger partial charge in [-0.3, -0.25) is 29.6 Å². The van der Waals surface area contributed by atoms with Crippen LogP contribution < -0.4 is 4.90 Å². The molecule has 1 N–H and O–H groups in total. The molecule has 0 bridgehead atoms. The van der Waals surface area contributed by atoms with Crippen molar-refractivity contribution in [2.24, 2.45) is 0 Å². The second kappa shape index (κ2) is 8.57. The van der Waals surface area contributed by atoms with Gasteiger partial charge in [0.25, 0.3) is 11.5 Å². The maximum absolute atomic E-state index is 13.3. The number of aliphatic hydroxyl groups is 1. The molecule has 2 aromatic carbocycles. The molecular weight excluding hydrogens is 492 g/mol. The van der Waals surface area contributed by atoms with Gasteiger partial charge in [-0.15, -0.1) is 0 Å². The average molecular weight is 507 g/mol. The van der Waals surface area contributed by atoms with Gasteiger partial charge in [-0.25, -0.2) is 4.98 Å². The van der Waals surface area contributed by atoms with Crippen LogP contribution >= 0.6 is 22.9 Å². The van der Waals surface area contributed by atoms with Crippen molar-refractivity contribution in [3.05, 3.63) is 98.3 Å². The first-order chi connectivity index (χ1) is 16.8. The van der Waals surface area contributed by atoms with Gasteiger partial charge in [-0.2, -0.15) is 0 Å². The van der Waals surface area contributed by atoms with Crippen LogP contribution in [0.1, 0.15) is 22.7 Å². The van der Waals surface area contributed by atoms with E-state index in [2.05, 4.69) is 9.97 Å². The molecule has 9 nitrogen and oxygen atoms in total. The Hall–Kier alpha value is -4.15. The summed E-state index contributed by atoms with van der Waals surface area (Å²) in [6.07, 6.45) is 3.03. The van der Waals surface area contributed by atoms with Crippen LogP contribution in [0.4, 0.5) is 10.8 Å². The van der Waals surface area contributed by atoms with Gasteiger partial charge in [-0.1, -0.05) is 41.1 Å². The molecule has 0 radical (unpaired) electrons. The maximum atomic E-state index is 13.3. The summed E-state index contributed by atoms with van der Waals surface area (Å²) in [5, 5.41) is 23.1. The number of carbonyl (C=O) groups excluding carboxylic acids is 2. The number of carbonyl (C=O) groups is 2. The molecule has 0 saturated carbocycles. The lowest BCUT2D eigenvalue weighted by atomic mass is 9.96. The number of hydrogen-bond acceptors (Lipinski definition) is 8. The minimum absolute atomic E-state index is 0.0396. The Balaban J connectivity index is 1.72. The first-order valence-electron chi connectivity index (χ1n) is 10.3. The van der Waals surface area contributed by atoms with Crippen LogP contribution in [0.25, 0.3) is 16.0 Å². The fourth-order valence-electron chi connectivity index (χ4n) is 3.95. The molecule has 0 aliphatic carbocycles. The van der Waals surface area contributed by atoms with E-state index in [1.54, 1.807) is 24.4 Å². The van der Waals surface area contributed by atoms with E-state index in [0.717, 1.165) is 16.3 Å². The Kier molecular flexibility index (Phi) is 5.54. The largest absolute Gasteiger partial charge is 0.507 e. The first kappa shape index (κ1) is 22.6.